The van der Waals surface area contributed by atoms with Crippen LogP contribution in [0.5, 0.6) is 0 Å². The minimum Gasteiger partial charge on any atom is -0.313 e. The number of nitrogens with one attached hydrogen (secondary N) is 1. The largest absolute Gasteiger partial charge is 0.313 e. The van der Waals surface area contributed by atoms with E-state index in [0.717, 1.165) is 19.6 Å². The van der Waals surface area contributed by atoms with E-state index in [4.69, 9.17) is 0 Å². The molecule has 0 aliphatic carbocycles. The molecule has 0 spiro atoms. The van der Waals surface area contributed by atoms with Gasteiger partial charge in [0.05, 0.1) is 0 Å². The Morgan fingerprint density at radius 1 is 1.23 bits per heavy atom. The van der Waals surface area contributed by atoms with E-state index in [1.165, 1.54) is 0 Å². The molecule has 0 rings (SSSR count). The molecule has 2 nitrogen and oxygen atoms in total. The fraction of sp³-hybridized carbons (Fsp3) is 1.00. The lowest BCUT2D eigenvalue weighted by molar-refractivity contribution is 0.226. The fourth-order valence-corrected chi connectivity index (χ4v) is 1.43. The Morgan fingerprint density at radius 2 is 1.77 bits per heavy atom. The van der Waals surface area contributed by atoms with Crippen molar-refractivity contribution in [2.75, 3.05) is 26.7 Å². The number of nitrogens with zero attached hydrogens (tertiary/aromatic N) is 1. The Labute approximate surface area is 83.7 Å². The summed E-state index contributed by atoms with van der Waals surface area (Å²) in [6.07, 6.45) is 0. The Bertz CT molecular complexity index is 125. The van der Waals surface area contributed by atoms with Gasteiger partial charge in [-0.05, 0) is 12.5 Å². The van der Waals surface area contributed by atoms with E-state index in [1.54, 1.807) is 0 Å². The number of likely N-dealkylation sites (N-methyl/N-ethyl adjacent to an activating group) is 1. The van der Waals surface area contributed by atoms with Crippen molar-refractivity contribution < 1.29 is 0 Å². The second kappa shape index (κ2) is 5.61. The number of rotatable bonds is 5. The lowest BCUT2D eigenvalue weighted by atomic mass is 9.96. The topological polar surface area (TPSA) is 15.3 Å². The van der Waals surface area contributed by atoms with E-state index in [-0.39, 0.29) is 0 Å². The maximum Gasteiger partial charge on any atom is 0.0104 e. The molecule has 0 aliphatic rings. The van der Waals surface area contributed by atoms with Crippen molar-refractivity contribution >= 4 is 0 Å². The Hall–Kier alpha value is -0.0800. The zero-order valence-corrected chi connectivity index (χ0v) is 10.1. The summed E-state index contributed by atoms with van der Waals surface area (Å²) in [7, 11) is 2.19. The summed E-state index contributed by atoms with van der Waals surface area (Å²) in [4.78, 5) is 2.38. The van der Waals surface area contributed by atoms with Gasteiger partial charge in [-0.1, -0.05) is 34.6 Å². The molecule has 0 atom stereocenters. The highest BCUT2D eigenvalue weighted by atomic mass is 15.1. The first kappa shape index (κ1) is 12.9. The van der Waals surface area contributed by atoms with Gasteiger partial charge in [0.2, 0.25) is 0 Å². The van der Waals surface area contributed by atoms with Gasteiger partial charge in [-0.2, -0.15) is 0 Å². The molecule has 0 saturated heterocycles. The molecule has 0 aromatic heterocycles. The van der Waals surface area contributed by atoms with Gasteiger partial charge in [-0.25, -0.2) is 0 Å². The van der Waals surface area contributed by atoms with Gasteiger partial charge in [0.1, 0.15) is 0 Å². The third-order valence-corrected chi connectivity index (χ3v) is 1.79. The molecule has 2 heteroatoms. The maximum absolute atomic E-state index is 3.42. The van der Waals surface area contributed by atoms with E-state index in [0.29, 0.717) is 11.5 Å². The molecule has 1 N–H and O–H groups in total. The van der Waals surface area contributed by atoms with Crippen LogP contribution >= 0.6 is 0 Å². The summed E-state index contributed by atoms with van der Waals surface area (Å²) < 4.78 is 0. The van der Waals surface area contributed by atoms with Crippen LogP contribution in [0.25, 0.3) is 0 Å². The van der Waals surface area contributed by atoms with E-state index >= 15 is 0 Å². The molecule has 0 aromatic rings. The summed E-state index contributed by atoms with van der Waals surface area (Å²) in [6.45, 7) is 14.6. The summed E-state index contributed by atoms with van der Waals surface area (Å²) in [5, 5.41) is 3.42. The smallest absolute Gasteiger partial charge is 0.0104 e. The van der Waals surface area contributed by atoms with Gasteiger partial charge in [0.15, 0.2) is 0 Å². The summed E-state index contributed by atoms with van der Waals surface area (Å²) in [6, 6.07) is 0.600. The van der Waals surface area contributed by atoms with Crippen molar-refractivity contribution in [1.82, 2.24) is 10.2 Å². The molecule has 0 saturated carbocycles. The highest BCUT2D eigenvalue weighted by Crippen LogP contribution is 2.13. The summed E-state index contributed by atoms with van der Waals surface area (Å²) in [5.74, 6) is 0. The highest BCUT2D eigenvalue weighted by molar-refractivity contribution is 4.67. The van der Waals surface area contributed by atoms with Gasteiger partial charge >= 0.3 is 0 Å². The van der Waals surface area contributed by atoms with Gasteiger partial charge < -0.3 is 10.2 Å². The van der Waals surface area contributed by atoms with E-state index < -0.39 is 0 Å². The Morgan fingerprint density at radius 3 is 2.15 bits per heavy atom. The molecule has 0 heterocycles. The van der Waals surface area contributed by atoms with E-state index in [9.17, 15) is 0 Å². The summed E-state index contributed by atoms with van der Waals surface area (Å²) >= 11 is 0. The molecule has 0 bridgehead atoms. The number of hydrogen-bond acceptors (Lipinski definition) is 2. The van der Waals surface area contributed by atoms with Crippen molar-refractivity contribution in [1.29, 1.82) is 0 Å². The van der Waals surface area contributed by atoms with Crippen LogP contribution in [-0.2, 0) is 0 Å². The van der Waals surface area contributed by atoms with Crippen molar-refractivity contribution in [2.45, 2.75) is 40.7 Å². The van der Waals surface area contributed by atoms with Gasteiger partial charge in [-0.3, -0.25) is 0 Å². The second-order valence-electron chi connectivity index (χ2n) is 5.41. The molecular weight excluding hydrogens is 160 g/mol. The predicted octanol–water partition coefficient (Wildman–Crippen LogP) is 1.96. The van der Waals surface area contributed by atoms with Crippen LogP contribution in [0.15, 0.2) is 0 Å². The third-order valence-electron chi connectivity index (χ3n) is 1.79. The fourth-order valence-electron chi connectivity index (χ4n) is 1.43. The Balaban J connectivity index is 3.46. The monoisotopic (exact) mass is 186 g/mol. The highest BCUT2D eigenvalue weighted by Gasteiger charge is 2.12. The lowest BCUT2D eigenvalue weighted by Gasteiger charge is -2.26. The van der Waals surface area contributed by atoms with Crippen molar-refractivity contribution in [3.8, 4) is 0 Å². The van der Waals surface area contributed by atoms with Crippen molar-refractivity contribution in [2.24, 2.45) is 5.41 Å². The van der Waals surface area contributed by atoms with Crippen LogP contribution in [0, 0.1) is 5.41 Å². The molecule has 13 heavy (non-hydrogen) atoms. The zero-order valence-electron chi connectivity index (χ0n) is 10.1. The quantitative estimate of drug-likeness (QED) is 0.706. The van der Waals surface area contributed by atoms with Gasteiger partial charge in [-0.15, -0.1) is 0 Å². The van der Waals surface area contributed by atoms with Crippen molar-refractivity contribution in [3.05, 3.63) is 0 Å². The van der Waals surface area contributed by atoms with Crippen LogP contribution in [0.3, 0.4) is 0 Å². The standard InChI is InChI=1S/C11H26N2/c1-10(2)12-7-8-13(6)9-11(3,4)5/h10,12H,7-9H2,1-6H3. The average molecular weight is 186 g/mol. The normalized spacial score (nSPS) is 12.9. The summed E-state index contributed by atoms with van der Waals surface area (Å²) in [5.41, 5.74) is 0.409. The first-order valence-electron chi connectivity index (χ1n) is 5.23. The molecule has 0 unspecified atom stereocenters. The molecular formula is C11H26N2. The zero-order chi connectivity index (χ0) is 10.5. The molecule has 0 radical (unpaired) electrons. The first-order valence-corrected chi connectivity index (χ1v) is 5.23. The lowest BCUT2D eigenvalue weighted by Crippen LogP contribution is -2.36. The van der Waals surface area contributed by atoms with Crippen LogP contribution in [0.1, 0.15) is 34.6 Å². The molecule has 0 aromatic carbocycles. The van der Waals surface area contributed by atoms with Gasteiger partial charge in [0, 0.05) is 25.7 Å². The van der Waals surface area contributed by atoms with Crippen LogP contribution in [0.2, 0.25) is 0 Å². The third kappa shape index (κ3) is 9.84. The van der Waals surface area contributed by atoms with Gasteiger partial charge in [0.25, 0.3) is 0 Å². The SMILES string of the molecule is CC(C)NCCN(C)CC(C)(C)C. The number of hydrogen-bond donors (Lipinski definition) is 1. The van der Waals surface area contributed by atoms with Crippen LogP contribution in [0.4, 0.5) is 0 Å². The molecule has 0 amide bonds. The minimum atomic E-state index is 0.409. The van der Waals surface area contributed by atoms with E-state index in [2.05, 4.69) is 51.9 Å². The Kier molecular flexibility index (Phi) is 5.57. The maximum atomic E-state index is 3.42. The second-order valence-corrected chi connectivity index (χ2v) is 5.41. The minimum absolute atomic E-state index is 0.409. The van der Waals surface area contributed by atoms with Crippen LogP contribution < -0.4 is 5.32 Å². The predicted molar refractivity (Wildman–Crippen MR) is 60.1 cm³/mol. The first-order chi connectivity index (χ1) is 5.81. The van der Waals surface area contributed by atoms with E-state index in [1.807, 2.05) is 0 Å². The average Bonchev–Trinajstić information content (AvgIpc) is 1.81. The molecule has 80 valence electrons. The molecule has 0 aliphatic heterocycles. The van der Waals surface area contributed by atoms with Crippen LogP contribution in [-0.4, -0.2) is 37.6 Å². The molecule has 0 fully saturated rings. The van der Waals surface area contributed by atoms with Crippen molar-refractivity contribution in [3.63, 3.8) is 0 Å².